The van der Waals surface area contributed by atoms with Gasteiger partial charge in [0.15, 0.2) is 15.5 Å². The quantitative estimate of drug-likeness (QED) is 0.371. The lowest BCUT2D eigenvalue weighted by atomic mass is 10.0. The van der Waals surface area contributed by atoms with Gasteiger partial charge in [0.25, 0.3) is 0 Å². The SMILES string of the molecule is CS(=O)(=O)c1ccc(-c2cnc3c(Nc4ccc(C(F)(F)F)cn4)ccnc3n2)c(C(F)(F)F)c1. The van der Waals surface area contributed by atoms with Crippen molar-refractivity contribution in [2.45, 2.75) is 17.2 Å². The fraction of sp³-hybridized carbons (Fsp3) is 0.143. The molecule has 182 valence electrons. The molecule has 0 bridgehead atoms. The number of aromatic nitrogens is 4. The minimum atomic E-state index is -4.88. The normalized spacial score (nSPS) is 12.7. The summed E-state index contributed by atoms with van der Waals surface area (Å²) >= 11 is 0. The Balaban J connectivity index is 1.74. The van der Waals surface area contributed by atoms with Crippen molar-refractivity contribution in [1.29, 1.82) is 0 Å². The van der Waals surface area contributed by atoms with Crippen LogP contribution in [0, 0.1) is 0 Å². The lowest BCUT2D eigenvalue weighted by molar-refractivity contribution is -0.138. The van der Waals surface area contributed by atoms with E-state index < -0.39 is 43.8 Å². The number of benzene rings is 1. The molecule has 0 fully saturated rings. The Hall–Kier alpha value is -3.81. The van der Waals surface area contributed by atoms with Crippen molar-refractivity contribution in [3.63, 3.8) is 0 Å². The fourth-order valence-corrected chi connectivity index (χ4v) is 3.78. The third-order valence-electron chi connectivity index (χ3n) is 4.80. The Morgan fingerprint density at radius 3 is 2.20 bits per heavy atom. The predicted octanol–water partition coefficient (Wildman–Crippen LogP) is 5.27. The van der Waals surface area contributed by atoms with Crippen molar-refractivity contribution >= 4 is 32.5 Å². The monoisotopic (exact) mass is 513 g/mol. The molecule has 4 rings (SSSR count). The number of hydrogen-bond donors (Lipinski definition) is 1. The van der Waals surface area contributed by atoms with Crippen molar-refractivity contribution in [2.24, 2.45) is 0 Å². The van der Waals surface area contributed by atoms with Crippen LogP contribution in [0.15, 0.2) is 59.9 Å². The summed E-state index contributed by atoms with van der Waals surface area (Å²) in [5.74, 6) is 0.0621. The molecule has 0 aliphatic rings. The first-order valence-electron chi connectivity index (χ1n) is 9.57. The van der Waals surface area contributed by atoms with Crippen LogP contribution in [0.4, 0.5) is 37.8 Å². The average Bonchev–Trinajstić information content (AvgIpc) is 2.77. The Morgan fingerprint density at radius 2 is 1.60 bits per heavy atom. The Bertz CT molecular complexity index is 1520. The van der Waals surface area contributed by atoms with Gasteiger partial charge in [-0.25, -0.2) is 28.4 Å². The summed E-state index contributed by atoms with van der Waals surface area (Å²) in [6.45, 7) is 0. The van der Waals surface area contributed by atoms with E-state index in [1.165, 1.54) is 12.3 Å². The molecule has 4 aromatic rings. The summed E-state index contributed by atoms with van der Waals surface area (Å²) < 4.78 is 103. The van der Waals surface area contributed by atoms with E-state index in [9.17, 15) is 34.8 Å². The second-order valence-electron chi connectivity index (χ2n) is 7.32. The molecule has 35 heavy (non-hydrogen) atoms. The van der Waals surface area contributed by atoms with Crippen LogP contribution in [0.25, 0.3) is 22.4 Å². The zero-order chi connectivity index (χ0) is 25.6. The Morgan fingerprint density at radius 1 is 0.857 bits per heavy atom. The predicted molar refractivity (Wildman–Crippen MR) is 113 cm³/mol. The number of anilines is 2. The van der Waals surface area contributed by atoms with Crippen LogP contribution >= 0.6 is 0 Å². The second kappa shape index (κ2) is 8.45. The zero-order valence-corrected chi connectivity index (χ0v) is 18.3. The van der Waals surface area contributed by atoms with E-state index in [-0.39, 0.29) is 28.4 Å². The summed E-state index contributed by atoms with van der Waals surface area (Å²) in [5, 5.41) is 2.78. The first kappa shape index (κ1) is 24.3. The van der Waals surface area contributed by atoms with Crippen LogP contribution in [0.2, 0.25) is 0 Å². The molecule has 0 unspecified atom stereocenters. The van der Waals surface area contributed by atoms with Gasteiger partial charge in [-0.05, 0) is 30.3 Å². The van der Waals surface area contributed by atoms with Gasteiger partial charge in [-0.15, -0.1) is 0 Å². The van der Waals surface area contributed by atoms with Gasteiger partial charge >= 0.3 is 12.4 Å². The molecular formula is C21H13F6N5O2S. The van der Waals surface area contributed by atoms with Gasteiger partial charge in [-0.1, -0.05) is 6.07 Å². The van der Waals surface area contributed by atoms with Gasteiger partial charge in [-0.2, -0.15) is 26.3 Å². The smallest absolute Gasteiger partial charge is 0.338 e. The molecule has 0 spiro atoms. The van der Waals surface area contributed by atoms with Crippen LogP contribution in [0.5, 0.6) is 0 Å². The number of nitrogens with one attached hydrogen (secondary N) is 1. The van der Waals surface area contributed by atoms with Crippen molar-refractivity contribution in [3.8, 4) is 11.3 Å². The molecule has 0 aliphatic heterocycles. The fourth-order valence-electron chi connectivity index (χ4n) is 3.14. The maximum Gasteiger partial charge on any atom is 0.417 e. The van der Waals surface area contributed by atoms with E-state index in [2.05, 4.69) is 25.3 Å². The minimum Gasteiger partial charge on any atom is -0.338 e. The highest BCUT2D eigenvalue weighted by atomic mass is 32.2. The van der Waals surface area contributed by atoms with E-state index in [0.29, 0.717) is 12.3 Å². The van der Waals surface area contributed by atoms with Crippen LogP contribution in [-0.4, -0.2) is 34.6 Å². The van der Waals surface area contributed by atoms with Gasteiger partial charge in [-0.3, -0.25) is 0 Å². The number of halogens is 6. The molecular weight excluding hydrogens is 500 g/mol. The van der Waals surface area contributed by atoms with E-state index in [1.54, 1.807) is 0 Å². The van der Waals surface area contributed by atoms with E-state index >= 15 is 0 Å². The Labute approximate surface area is 193 Å². The summed E-state index contributed by atoms with van der Waals surface area (Å²) in [6.07, 6.45) is -5.65. The molecule has 0 saturated heterocycles. The molecule has 0 amide bonds. The number of rotatable bonds is 4. The van der Waals surface area contributed by atoms with Crippen molar-refractivity contribution in [1.82, 2.24) is 19.9 Å². The first-order valence-corrected chi connectivity index (χ1v) is 11.5. The van der Waals surface area contributed by atoms with Crippen LogP contribution in [0.3, 0.4) is 0 Å². The lowest BCUT2D eigenvalue weighted by Gasteiger charge is -2.14. The highest BCUT2D eigenvalue weighted by Crippen LogP contribution is 2.38. The molecule has 0 atom stereocenters. The van der Waals surface area contributed by atoms with Crippen LogP contribution in [0.1, 0.15) is 11.1 Å². The van der Waals surface area contributed by atoms with E-state index in [1.807, 2.05) is 0 Å². The molecule has 7 nitrogen and oxygen atoms in total. The van der Waals surface area contributed by atoms with Gasteiger partial charge in [0, 0.05) is 24.2 Å². The number of nitrogens with zero attached hydrogens (tertiary/aromatic N) is 4. The minimum absolute atomic E-state index is 0.0558. The number of fused-ring (bicyclic) bond motifs is 1. The highest BCUT2D eigenvalue weighted by molar-refractivity contribution is 7.90. The summed E-state index contributed by atoms with van der Waals surface area (Å²) in [4.78, 5) is 15.5. The molecule has 3 aromatic heterocycles. The van der Waals surface area contributed by atoms with Crippen LogP contribution in [-0.2, 0) is 22.2 Å². The van der Waals surface area contributed by atoms with E-state index in [4.69, 9.17) is 0 Å². The number of alkyl halides is 6. The molecule has 3 heterocycles. The number of hydrogen-bond acceptors (Lipinski definition) is 7. The molecule has 14 heteroatoms. The number of sulfone groups is 1. The largest absolute Gasteiger partial charge is 0.417 e. The summed E-state index contributed by atoms with van der Waals surface area (Å²) in [5.41, 5.74) is -2.43. The van der Waals surface area contributed by atoms with Gasteiger partial charge in [0.1, 0.15) is 11.3 Å². The van der Waals surface area contributed by atoms with E-state index in [0.717, 1.165) is 36.7 Å². The molecule has 0 radical (unpaired) electrons. The second-order valence-corrected chi connectivity index (χ2v) is 9.33. The van der Waals surface area contributed by atoms with Crippen molar-refractivity contribution in [3.05, 3.63) is 66.1 Å². The maximum absolute atomic E-state index is 13.7. The molecule has 1 N–H and O–H groups in total. The molecule has 0 aliphatic carbocycles. The maximum atomic E-state index is 13.7. The average molecular weight is 513 g/mol. The van der Waals surface area contributed by atoms with Gasteiger partial charge < -0.3 is 5.32 Å². The van der Waals surface area contributed by atoms with Crippen molar-refractivity contribution in [2.75, 3.05) is 11.6 Å². The number of pyridine rings is 2. The lowest BCUT2D eigenvalue weighted by Crippen LogP contribution is -2.10. The van der Waals surface area contributed by atoms with Gasteiger partial charge in [0.2, 0.25) is 0 Å². The summed E-state index contributed by atoms with van der Waals surface area (Å²) in [6, 6.07) is 5.93. The molecule has 0 saturated carbocycles. The summed E-state index contributed by atoms with van der Waals surface area (Å²) in [7, 11) is -3.89. The first-order chi connectivity index (χ1) is 16.2. The Kier molecular flexibility index (Phi) is 5.87. The van der Waals surface area contributed by atoms with Gasteiger partial charge in [0.05, 0.1) is 33.6 Å². The zero-order valence-electron chi connectivity index (χ0n) is 17.5. The topological polar surface area (TPSA) is 97.7 Å². The van der Waals surface area contributed by atoms with Crippen LogP contribution < -0.4 is 5.32 Å². The molecule has 1 aromatic carbocycles. The standard InChI is InChI=1S/C21H13F6N5O2S/c1-35(33,34)12-3-4-13(14(8-12)21(25,26)27)16-10-30-18-15(6-7-28-19(18)32-16)31-17-5-2-11(9-29-17)20(22,23)24/h2-10H,1H3,(H,28,29,31,32). The highest BCUT2D eigenvalue weighted by Gasteiger charge is 2.35. The third kappa shape index (κ3) is 5.16. The van der Waals surface area contributed by atoms with Crippen molar-refractivity contribution < 1.29 is 34.8 Å². The third-order valence-corrected chi connectivity index (χ3v) is 5.91.